The van der Waals surface area contributed by atoms with Crippen LogP contribution in [0, 0.1) is 10.1 Å². The number of halogens is 1. The first-order valence-electron chi connectivity index (χ1n) is 9.37. The number of hydrogen-bond acceptors (Lipinski definition) is 5. The molecule has 0 saturated carbocycles. The molecule has 3 rings (SSSR count). The molecular weight excluding hydrogens is 408 g/mol. The molecule has 1 heterocycles. The van der Waals surface area contributed by atoms with Crippen molar-refractivity contribution in [3.8, 4) is 0 Å². The maximum Gasteiger partial charge on any atom is 0.288 e. The molecule has 1 saturated heterocycles. The third-order valence-electron chi connectivity index (χ3n) is 4.82. The van der Waals surface area contributed by atoms with Crippen molar-refractivity contribution in [2.24, 2.45) is 0 Å². The Morgan fingerprint density at radius 1 is 1.13 bits per heavy atom. The van der Waals surface area contributed by atoms with Crippen LogP contribution in [0.5, 0.6) is 0 Å². The lowest BCUT2D eigenvalue weighted by Crippen LogP contribution is -2.48. The molecule has 0 spiro atoms. The fourth-order valence-electron chi connectivity index (χ4n) is 3.24. The second kappa shape index (κ2) is 9.41. The zero-order valence-corrected chi connectivity index (χ0v) is 17.1. The van der Waals surface area contributed by atoms with E-state index in [1.807, 2.05) is 24.3 Å². The third kappa shape index (κ3) is 5.15. The molecule has 9 heteroatoms. The van der Waals surface area contributed by atoms with Crippen molar-refractivity contribution in [3.05, 3.63) is 69.2 Å². The summed E-state index contributed by atoms with van der Waals surface area (Å²) in [6.45, 7) is 4.18. The number of nitro benzene ring substituents is 1. The number of hydrogen-bond donors (Lipinski definition) is 1. The fraction of sp³-hybridized carbons (Fsp3) is 0.238. The lowest BCUT2D eigenvalue weighted by atomic mass is 10.2. The van der Waals surface area contributed by atoms with Crippen LogP contribution in [-0.4, -0.2) is 47.8 Å². The van der Waals surface area contributed by atoms with Gasteiger partial charge in [0.15, 0.2) is 0 Å². The summed E-state index contributed by atoms with van der Waals surface area (Å²) in [7, 11) is 0. The Labute approximate surface area is 178 Å². The number of piperazine rings is 1. The number of anilines is 2. The molecule has 1 aliphatic heterocycles. The second-order valence-corrected chi connectivity index (χ2v) is 7.21. The Balaban J connectivity index is 1.69. The SMILES string of the molecule is CC(=O)N1CCN(c2ccccc2NC(=O)/C=C/c2ccc(Cl)c([N+](=O)[O-])c2)CC1. The molecule has 2 amide bonds. The second-order valence-electron chi connectivity index (χ2n) is 6.80. The number of rotatable bonds is 5. The van der Waals surface area contributed by atoms with Crippen molar-refractivity contribution in [1.82, 2.24) is 4.90 Å². The van der Waals surface area contributed by atoms with Gasteiger partial charge in [-0.1, -0.05) is 29.8 Å². The molecule has 1 fully saturated rings. The monoisotopic (exact) mass is 428 g/mol. The fourth-order valence-corrected chi connectivity index (χ4v) is 3.42. The van der Waals surface area contributed by atoms with Crippen LogP contribution < -0.4 is 10.2 Å². The van der Waals surface area contributed by atoms with E-state index in [9.17, 15) is 19.7 Å². The summed E-state index contributed by atoms with van der Waals surface area (Å²) >= 11 is 5.81. The maximum atomic E-state index is 12.4. The van der Waals surface area contributed by atoms with Gasteiger partial charge in [0.05, 0.1) is 16.3 Å². The quantitative estimate of drug-likeness (QED) is 0.446. The molecule has 30 heavy (non-hydrogen) atoms. The third-order valence-corrected chi connectivity index (χ3v) is 5.14. The Hall–Kier alpha value is -3.39. The van der Waals surface area contributed by atoms with E-state index in [2.05, 4.69) is 10.2 Å². The molecule has 2 aromatic rings. The Bertz CT molecular complexity index is 1000. The van der Waals surface area contributed by atoms with Gasteiger partial charge in [0.25, 0.3) is 5.69 Å². The van der Waals surface area contributed by atoms with Gasteiger partial charge in [0, 0.05) is 45.2 Å². The summed E-state index contributed by atoms with van der Waals surface area (Å²) in [5.74, 6) is -0.300. The van der Waals surface area contributed by atoms with E-state index in [1.165, 1.54) is 24.3 Å². The van der Waals surface area contributed by atoms with Gasteiger partial charge in [0.2, 0.25) is 11.8 Å². The summed E-state index contributed by atoms with van der Waals surface area (Å²) in [6, 6.07) is 11.8. The molecule has 0 bridgehead atoms. The normalized spacial score (nSPS) is 14.1. The van der Waals surface area contributed by atoms with Crippen molar-refractivity contribution in [2.75, 3.05) is 36.4 Å². The van der Waals surface area contributed by atoms with Gasteiger partial charge in [-0.2, -0.15) is 0 Å². The lowest BCUT2D eigenvalue weighted by molar-refractivity contribution is -0.384. The minimum atomic E-state index is -0.568. The van der Waals surface area contributed by atoms with E-state index in [0.29, 0.717) is 37.4 Å². The van der Waals surface area contributed by atoms with Crippen molar-refractivity contribution >= 4 is 46.6 Å². The number of carbonyl (C=O) groups is 2. The van der Waals surface area contributed by atoms with Crippen LogP contribution in [0.25, 0.3) is 6.08 Å². The Morgan fingerprint density at radius 2 is 1.83 bits per heavy atom. The Morgan fingerprint density at radius 3 is 2.50 bits per heavy atom. The summed E-state index contributed by atoms with van der Waals surface area (Å²) in [6.07, 6.45) is 2.81. The van der Waals surface area contributed by atoms with Crippen molar-refractivity contribution < 1.29 is 14.5 Å². The minimum Gasteiger partial charge on any atom is -0.366 e. The summed E-state index contributed by atoms with van der Waals surface area (Å²) in [5.41, 5.74) is 1.82. The predicted molar refractivity (Wildman–Crippen MR) is 117 cm³/mol. The van der Waals surface area contributed by atoms with E-state index in [0.717, 1.165) is 5.69 Å². The maximum absolute atomic E-state index is 12.4. The minimum absolute atomic E-state index is 0.0420. The number of para-hydroxylation sites is 2. The predicted octanol–water partition coefficient (Wildman–Crippen LogP) is 3.57. The molecule has 8 nitrogen and oxygen atoms in total. The van der Waals surface area contributed by atoms with Gasteiger partial charge in [-0.25, -0.2) is 0 Å². The van der Waals surface area contributed by atoms with Crippen molar-refractivity contribution in [1.29, 1.82) is 0 Å². The van der Waals surface area contributed by atoms with Gasteiger partial charge in [-0.3, -0.25) is 19.7 Å². The molecule has 1 aliphatic rings. The molecule has 156 valence electrons. The van der Waals surface area contributed by atoms with Gasteiger partial charge in [-0.05, 0) is 29.8 Å². The van der Waals surface area contributed by atoms with E-state index < -0.39 is 4.92 Å². The highest BCUT2D eigenvalue weighted by molar-refractivity contribution is 6.32. The van der Waals surface area contributed by atoms with Gasteiger partial charge >= 0.3 is 0 Å². The Kier molecular flexibility index (Phi) is 6.68. The largest absolute Gasteiger partial charge is 0.366 e. The highest BCUT2D eigenvalue weighted by atomic mass is 35.5. The van der Waals surface area contributed by atoms with E-state index >= 15 is 0 Å². The molecule has 2 aromatic carbocycles. The zero-order chi connectivity index (χ0) is 21.7. The number of nitro groups is 1. The number of amides is 2. The molecule has 0 aliphatic carbocycles. The summed E-state index contributed by atoms with van der Waals surface area (Å²) < 4.78 is 0. The van der Waals surface area contributed by atoms with Crippen molar-refractivity contribution in [3.63, 3.8) is 0 Å². The molecule has 1 N–H and O–H groups in total. The van der Waals surface area contributed by atoms with Crippen LogP contribution in [0.2, 0.25) is 5.02 Å². The van der Waals surface area contributed by atoms with Crippen LogP contribution in [0.1, 0.15) is 12.5 Å². The zero-order valence-electron chi connectivity index (χ0n) is 16.4. The molecule has 0 unspecified atom stereocenters. The number of nitrogens with zero attached hydrogens (tertiary/aromatic N) is 3. The van der Waals surface area contributed by atoms with E-state index in [-0.39, 0.29) is 22.5 Å². The number of benzene rings is 2. The molecule has 0 atom stereocenters. The lowest BCUT2D eigenvalue weighted by Gasteiger charge is -2.36. The van der Waals surface area contributed by atoms with Crippen molar-refractivity contribution in [2.45, 2.75) is 6.92 Å². The van der Waals surface area contributed by atoms with Gasteiger partial charge < -0.3 is 15.1 Å². The summed E-state index contributed by atoms with van der Waals surface area (Å²) in [4.78, 5) is 38.3. The first-order chi connectivity index (χ1) is 14.3. The van der Waals surface area contributed by atoms with Crippen LogP contribution in [0.15, 0.2) is 48.5 Å². The van der Waals surface area contributed by atoms with Gasteiger partial charge in [0.1, 0.15) is 5.02 Å². The standard InChI is InChI=1S/C21H21ClN4O4/c1-15(27)24-10-12-25(13-11-24)19-5-3-2-4-18(19)23-21(28)9-7-16-6-8-17(22)20(14-16)26(29)30/h2-9,14H,10-13H2,1H3,(H,23,28)/b9-7+. The van der Waals surface area contributed by atoms with Gasteiger partial charge in [-0.15, -0.1) is 0 Å². The topological polar surface area (TPSA) is 95.8 Å². The number of nitrogens with one attached hydrogen (secondary N) is 1. The molecule has 0 aromatic heterocycles. The first kappa shape index (κ1) is 21.3. The highest BCUT2D eigenvalue weighted by Crippen LogP contribution is 2.27. The van der Waals surface area contributed by atoms with E-state index in [1.54, 1.807) is 17.9 Å². The highest BCUT2D eigenvalue weighted by Gasteiger charge is 2.20. The van der Waals surface area contributed by atoms with Crippen LogP contribution in [-0.2, 0) is 9.59 Å². The average molecular weight is 429 g/mol. The smallest absolute Gasteiger partial charge is 0.288 e. The van der Waals surface area contributed by atoms with Crippen LogP contribution >= 0.6 is 11.6 Å². The van der Waals surface area contributed by atoms with Crippen LogP contribution in [0.3, 0.4) is 0 Å². The first-order valence-corrected chi connectivity index (χ1v) is 9.75. The molecule has 0 radical (unpaired) electrons. The molecular formula is C21H21ClN4O4. The van der Waals surface area contributed by atoms with E-state index in [4.69, 9.17) is 11.6 Å². The van der Waals surface area contributed by atoms with Crippen LogP contribution in [0.4, 0.5) is 17.1 Å². The number of carbonyl (C=O) groups excluding carboxylic acids is 2. The summed E-state index contributed by atoms with van der Waals surface area (Å²) in [5, 5.41) is 13.9. The average Bonchev–Trinajstić information content (AvgIpc) is 2.73.